The van der Waals surface area contributed by atoms with Crippen LogP contribution >= 0.6 is 33.9 Å². The summed E-state index contributed by atoms with van der Waals surface area (Å²) >= 11 is 3.90. The number of hydrogen-bond donors (Lipinski definition) is 0. The second kappa shape index (κ2) is 4.09. The molecule has 0 unspecified atom stereocenters. The number of hydrogen-bond acceptors (Lipinski definition) is 2. The van der Waals surface area contributed by atoms with Crippen LogP contribution in [0, 0.1) is 8.80 Å². The number of halogens is 1. The minimum absolute atomic E-state index is 0.325. The summed E-state index contributed by atoms with van der Waals surface area (Å²) in [6, 6.07) is 1.99. The van der Waals surface area contributed by atoms with E-state index >= 15 is 0 Å². The van der Waals surface area contributed by atoms with E-state index in [1.807, 2.05) is 11.4 Å². The smallest absolute Gasteiger partial charge is 0.163 e. The normalized spacial score (nSPS) is 16.1. The first-order chi connectivity index (χ1) is 6.25. The highest BCUT2D eigenvalue weighted by Crippen LogP contribution is 2.34. The lowest BCUT2D eigenvalue weighted by molar-refractivity contribution is 0.0978. The van der Waals surface area contributed by atoms with Crippen molar-refractivity contribution in [3.8, 4) is 0 Å². The Kier molecular flexibility index (Phi) is 3.03. The summed E-state index contributed by atoms with van der Waals surface area (Å²) in [5, 5.41) is 1.97. The molecule has 0 aromatic carbocycles. The van der Waals surface area contributed by atoms with Crippen LogP contribution in [0.1, 0.15) is 36.0 Å². The SMILES string of the molecule is O=C(CCC1CC1)c1csc(I)c1. The molecule has 1 aromatic heterocycles. The van der Waals surface area contributed by atoms with Gasteiger partial charge in [-0.15, -0.1) is 11.3 Å². The van der Waals surface area contributed by atoms with Gasteiger partial charge in [-0.2, -0.15) is 0 Å². The van der Waals surface area contributed by atoms with Crippen LogP contribution in [0.2, 0.25) is 0 Å². The molecule has 70 valence electrons. The Morgan fingerprint density at radius 2 is 2.38 bits per heavy atom. The molecule has 1 aliphatic carbocycles. The molecule has 0 radical (unpaired) electrons. The van der Waals surface area contributed by atoms with Crippen LogP contribution in [0.3, 0.4) is 0 Å². The van der Waals surface area contributed by atoms with Gasteiger partial charge in [-0.25, -0.2) is 0 Å². The molecule has 1 nitrogen and oxygen atoms in total. The Bertz CT molecular complexity index is 314. The van der Waals surface area contributed by atoms with Crippen LogP contribution in [0.5, 0.6) is 0 Å². The van der Waals surface area contributed by atoms with Crippen molar-refractivity contribution in [2.75, 3.05) is 0 Å². The second-order valence-electron chi connectivity index (χ2n) is 3.54. The van der Waals surface area contributed by atoms with Crippen molar-refractivity contribution in [1.82, 2.24) is 0 Å². The van der Waals surface area contributed by atoms with Crippen molar-refractivity contribution in [3.05, 3.63) is 19.9 Å². The average Bonchev–Trinajstić information content (AvgIpc) is 2.84. The maximum absolute atomic E-state index is 11.6. The highest BCUT2D eigenvalue weighted by atomic mass is 127. The van der Waals surface area contributed by atoms with Crippen LogP contribution in [0.25, 0.3) is 0 Å². The van der Waals surface area contributed by atoms with Crippen molar-refractivity contribution >= 4 is 39.7 Å². The van der Waals surface area contributed by atoms with Gasteiger partial charge in [-0.05, 0) is 41.0 Å². The van der Waals surface area contributed by atoms with Gasteiger partial charge in [0.1, 0.15) is 0 Å². The van der Waals surface area contributed by atoms with Crippen molar-refractivity contribution < 1.29 is 4.79 Å². The topological polar surface area (TPSA) is 17.1 Å². The maximum atomic E-state index is 11.6. The zero-order valence-electron chi connectivity index (χ0n) is 7.25. The van der Waals surface area contributed by atoms with Crippen LogP contribution < -0.4 is 0 Å². The summed E-state index contributed by atoms with van der Waals surface area (Å²) in [6.45, 7) is 0. The van der Waals surface area contributed by atoms with Crippen molar-refractivity contribution in [3.63, 3.8) is 0 Å². The fourth-order valence-electron chi connectivity index (χ4n) is 1.34. The van der Waals surface area contributed by atoms with Crippen molar-refractivity contribution in [1.29, 1.82) is 0 Å². The molecular formula is C10H11IOS. The Morgan fingerprint density at radius 1 is 1.62 bits per heavy atom. The molecule has 0 atom stereocenters. The molecule has 0 bridgehead atoms. The number of carbonyl (C=O) groups excluding carboxylic acids is 1. The van der Waals surface area contributed by atoms with E-state index in [1.165, 1.54) is 15.7 Å². The van der Waals surface area contributed by atoms with E-state index in [0.29, 0.717) is 5.78 Å². The van der Waals surface area contributed by atoms with E-state index in [-0.39, 0.29) is 0 Å². The van der Waals surface area contributed by atoms with Gasteiger partial charge in [-0.1, -0.05) is 12.8 Å². The molecule has 1 aliphatic rings. The van der Waals surface area contributed by atoms with E-state index < -0.39 is 0 Å². The number of rotatable bonds is 4. The van der Waals surface area contributed by atoms with E-state index in [9.17, 15) is 4.79 Å². The molecule has 1 saturated carbocycles. The third kappa shape index (κ3) is 2.77. The standard InChI is InChI=1S/C10H11IOS/c11-10-5-8(6-13-10)9(12)4-3-7-1-2-7/h5-7H,1-4H2. The van der Waals surface area contributed by atoms with E-state index in [1.54, 1.807) is 11.3 Å². The summed E-state index contributed by atoms with van der Waals surface area (Å²) in [7, 11) is 0. The molecule has 3 heteroatoms. The lowest BCUT2D eigenvalue weighted by Crippen LogP contribution is -1.97. The van der Waals surface area contributed by atoms with Crippen molar-refractivity contribution in [2.45, 2.75) is 25.7 Å². The van der Waals surface area contributed by atoms with Gasteiger partial charge in [0.05, 0.1) is 2.88 Å². The zero-order valence-corrected chi connectivity index (χ0v) is 10.2. The minimum atomic E-state index is 0.325. The third-order valence-corrected chi connectivity index (χ3v) is 4.16. The Labute approximate surface area is 95.7 Å². The highest BCUT2D eigenvalue weighted by Gasteiger charge is 2.22. The molecule has 1 aromatic rings. The predicted octanol–water partition coefficient (Wildman–Crippen LogP) is 3.73. The largest absolute Gasteiger partial charge is 0.294 e. The molecular weight excluding hydrogens is 295 g/mol. The first-order valence-corrected chi connectivity index (χ1v) is 6.49. The Morgan fingerprint density at radius 3 is 2.92 bits per heavy atom. The average molecular weight is 306 g/mol. The van der Waals surface area contributed by atoms with Crippen LogP contribution in [0.15, 0.2) is 11.4 Å². The van der Waals surface area contributed by atoms with Gasteiger partial charge < -0.3 is 0 Å². The van der Waals surface area contributed by atoms with Gasteiger partial charge >= 0.3 is 0 Å². The molecule has 2 rings (SSSR count). The zero-order chi connectivity index (χ0) is 9.26. The van der Waals surface area contributed by atoms with Gasteiger partial charge in [-0.3, -0.25) is 4.79 Å². The Hall–Kier alpha value is 0.1000. The van der Waals surface area contributed by atoms with Gasteiger partial charge in [0.25, 0.3) is 0 Å². The highest BCUT2D eigenvalue weighted by molar-refractivity contribution is 14.1. The molecule has 1 fully saturated rings. The van der Waals surface area contributed by atoms with Gasteiger partial charge in [0.15, 0.2) is 5.78 Å². The lowest BCUT2D eigenvalue weighted by Gasteiger charge is -1.95. The van der Waals surface area contributed by atoms with E-state index in [4.69, 9.17) is 0 Å². The summed E-state index contributed by atoms with van der Waals surface area (Å²) < 4.78 is 1.20. The first-order valence-electron chi connectivity index (χ1n) is 4.53. The summed E-state index contributed by atoms with van der Waals surface area (Å²) in [6.07, 6.45) is 4.53. The van der Waals surface area contributed by atoms with Crippen LogP contribution in [-0.4, -0.2) is 5.78 Å². The fourth-order valence-corrected chi connectivity index (χ4v) is 2.69. The van der Waals surface area contributed by atoms with E-state index in [0.717, 1.165) is 24.3 Å². The predicted molar refractivity (Wildman–Crippen MR) is 63.3 cm³/mol. The molecule has 0 spiro atoms. The molecule has 0 amide bonds. The molecule has 0 N–H and O–H groups in total. The number of thiophene rings is 1. The van der Waals surface area contributed by atoms with Crippen LogP contribution in [0.4, 0.5) is 0 Å². The second-order valence-corrected chi connectivity index (χ2v) is 6.35. The monoisotopic (exact) mass is 306 g/mol. The minimum Gasteiger partial charge on any atom is -0.294 e. The number of carbonyl (C=O) groups is 1. The van der Waals surface area contributed by atoms with Crippen LogP contribution in [-0.2, 0) is 0 Å². The summed E-state index contributed by atoms with van der Waals surface area (Å²) in [4.78, 5) is 11.6. The summed E-state index contributed by atoms with van der Waals surface area (Å²) in [5.74, 6) is 1.19. The van der Waals surface area contributed by atoms with E-state index in [2.05, 4.69) is 22.6 Å². The number of ketones is 1. The fraction of sp³-hybridized carbons (Fsp3) is 0.500. The van der Waals surface area contributed by atoms with Gasteiger partial charge in [0.2, 0.25) is 0 Å². The maximum Gasteiger partial charge on any atom is 0.163 e. The molecule has 13 heavy (non-hydrogen) atoms. The molecule has 0 saturated heterocycles. The molecule has 1 heterocycles. The lowest BCUT2D eigenvalue weighted by atomic mass is 10.1. The first kappa shape index (κ1) is 9.65. The van der Waals surface area contributed by atoms with Gasteiger partial charge in [0, 0.05) is 17.4 Å². The summed E-state index contributed by atoms with van der Waals surface area (Å²) in [5.41, 5.74) is 0.912. The van der Waals surface area contributed by atoms with Crippen molar-refractivity contribution in [2.24, 2.45) is 5.92 Å². The quantitative estimate of drug-likeness (QED) is 0.612. The Balaban J connectivity index is 1.88. The number of Topliss-reactive ketones (excluding diaryl/α,β-unsaturated/α-hetero) is 1. The third-order valence-electron chi connectivity index (χ3n) is 2.37. The molecule has 0 aliphatic heterocycles.